The summed E-state index contributed by atoms with van der Waals surface area (Å²) in [7, 11) is 0. The molecule has 0 saturated heterocycles. The van der Waals surface area contributed by atoms with Gasteiger partial charge >= 0.3 is 0 Å². The average molecular weight is 128 g/mol. The first-order valence-electron chi connectivity index (χ1n) is 2.38. The Morgan fingerprint density at radius 3 is 2.62 bits per heavy atom. The maximum atomic E-state index is 7.12. The lowest BCUT2D eigenvalue weighted by Gasteiger charge is -2.02. The van der Waals surface area contributed by atoms with Crippen molar-refractivity contribution in [3.05, 3.63) is 24.3 Å². The van der Waals surface area contributed by atoms with Gasteiger partial charge in [0.05, 0.1) is 11.1 Å². The van der Waals surface area contributed by atoms with Gasteiger partial charge in [0.25, 0.3) is 0 Å². The molecule has 0 aliphatic heterocycles. The van der Waals surface area contributed by atoms with Crippen LogP contribution in [-0.2, 0) is 0 Å². The summed E-state index contributed by atoms with van der Waals surface area (Å²) in [6, 6.07) is 0. The fourth-order valence-electron chi connectivity index (χ4n) is 0.517. The minimum atomic E-state index is -0.208. The van der Waals surface area contributed by atoms with Crippen LogP contribution in [-0.4, -0.2) is 11.1 Å². The van der Waals surface area contributed by atoms with Crippen LogP contribution < -0.4 is 0 Å². The summed E-state index contributed by atoms with van der Waals surface area (Å²) in [5.41, 5.74) is 0.467. The molecule has 1 nitrogen and oxygen atoms in total. The first-order valence-corrected chi connectivity index (χ1v) is 2.82. The average Bonchev–Trinajstić information content (AvgIpc) is 1.77. The predicted octanol–water partition coefficient (Wildman–Crippen LogP) is 1.74. The zero-order valence-electron chi connectivity index (χ0n) is 4.26. The Kier molecular flexibility index (Phi) is 1.49. The van der Waals surface area contributed by atoms with Gasteiger partial charge in [-0.15, -0.1) is 11.6 Å². The molecule has 1 N–H and O–H groups in total. The van der Waals surface area contributed by atoms with E-state index in [0.29, 0.717) is 5.71 Å². The second kappa shape index (κ2) is 2.14. The molecule has 2 heteroatoms. The second-order valence-corrected chi connectivity index (χ2v) is 2.07. The molecule has 1 atom stereocenters. The van der Waals surface area contributed by atoms with Crippen LogP contribution >= 0.6 is 11.6 Å². The van der Waals surface area contributed by atoms with Crippen molar-refractivity contribution in [2.45, 2.75) is 5.38 Å². The van der Waals surface area contributed by atoms with E-state index < -0.39 is 0 Å². The lowest BCUT2D eigenvalue weighted by atomic mass is 10.1. The van der Waals surface area contributed by atoms with Crippen molar-refractivity contribution in [2.75, 3.05) is 0 Å². The van der Waals surface area contributed by atoms with Gasteiger partial charge in [0.1, 0.15) is 0 Å². The van der Waals surface area contributed by atoms with Crippen LogP contribution in [0.1, 0.15) is 0 Å². The first-order chi connectivity index (χ1) is 3.80. The molecule has 0 aromatic heterocycles. The van der Waals surface area contributed by atoms with Crippen LogP contribution in [0.5, 0.6) is 0 Å². The Bertz CT molecular complexity index is 158. The van der Waals surface area contributed by atoms with Gasteiger partial charge in [0.15, 0.2) is 0 Å². The molecule has 0 aromatic rings. The van der Waals surface area contributed by atoms with Gasteiger partial charge in [-0.25, -0.2) is 0 Å². The summed E-state index contributed by atoms with van der Waals surface area (Å²) in [6.07, 6.45) is 7.12. The Labute approximate surface area is 53.2 Å². The fraction of sp³-hybridized carbons (Fsp3) is 0.167. The van der Waals surface area contributed by atoms with E-state index >= 15 is 0 Å². The van der Waals surface area contributed by atoms with Crippen LogP contribution in [0.3, 0.4) is 0 Å². The molecule has 0 heterocycles. The van der Waals surface area contributed by atoms with Crippen molar-refractivity contribution in [2.24, 2.45) is 0 Å². The normalized spacial score (nSPS) is 26.6. The Hall–Kier alpha value is -0.560. The molecule has 0 bridgehead atoms. The van der Waals surface area contributed by atoms with Gasteiger partial charge in [-0.2, -0.15) is 0 Å². The highest BCUT2D eigenvalue weighted by molar-refractivity contribution is 6.35. The summed E-state index contributed by atoms with van der Waals surface area (Å²) in [5, 5.41) is 6.92. The van der Waals surface area contributed by atoms with Crippen LogP contribution in [0, 0.1) is 5.41 Å². The Balaban J connectivity index is 2.74. The lowest BCUT2D eigenvalue weighted by molar-refractivity contribution is 1.37. The maximum Gasteiger partial charge on any atom is 0.0933 e. The Morgan fingerprint density at radius 2 is 2.25 bits per heavy atom. The molecule has 1 unspecified atom stereocenters. The molecule has 0 saturated carbocycles. The van der Waals surface area contributed by atoms with Crippen LogP contribution in [0.4, 0.5) is 0 Å². The van der Waals surface area contributed by atoms with Crippen molar-refractivity contribution >= 4 is 17.3 Å². The number of rotatable bonds is 0. The highest BCUT2D eigenvalue weighted by Crippen LogP contribution is 2.05. The van der Waals surface area contributed by atoms with Crippen LogP contribution in [0.25, 0.3) is 0 Å². The fourth-order valence-corrected chi connectivity index (χ4v) is 0.673. The minimum Gasteiger partial charge on any atom is -0.303 e. The molecule has 1 rings (SSSR count). The first kappa shape index (κ1) is 5.57. The second-order valence-electron chi connectivity index (χ2n) is 1.60. The van der Waals surface area contributed by atoms with Gasteiger partial charge in [0.2, 0.25) is 0 Å². The molecule has 0 aromatic carbocycles. The van der Waals surface area contributed by atoms with Crippen molar-refractivity contribution < 1.29 is 0 Å². The third-order valence-electron chi connectivity index (χ3n) is 0.964. The number of hydrogen-bond acceptors (Lipinski definition) is 1. The lowest BCUT2D eigenvalue weighted by Crippen LogP contribution is -2.08. The summed E-state index contributed by atoms with van der Waals surface area (Å²) >= 11 is 5.60. The van der Waals surface area contributed by atoms with Gasteiger partial charge in [-0.3, -0.25) is 0 Å². The van der Waals surface area contributed by atoms with Crippen molar-refractivity contribution in [3.63, 3.8) is 0 Å². The minimum absolute atomic E-state index is 0.208. The molecular weight excluding hydrogens is 122 g/mol. The standard InChI is InChI=1S/C6H6ClN/c7-5-3-1-2-4-6(5)8/h1-5,8H. The molecule has 0 spiro atoms. The van der Waals surface area contributed by atoms with E-state index in [2.05, 4.69) is 0 Å². The van der Waals surface area contributed by atoms with Gasteiger partial charge < -0.3 is 5.41 Å². The maximum absolute atomic E-state index is 7.12. The third-order valence-corrected chi connectivity index (χ3v) is 1.34. The molecule has 0 amide bonds. The zero-order valence-corrected chi connectivity index (χ0v) is 5.02. The molecular formula is C6H6ClN. The SMILES string of the molecule is N=C1C=CC=CC1Cl. The van der Waals surface area contributed by atoms with Gasteiger partial charge in [-0.05, 0) is 6.08 Å². The monoisotopic (exact) mass is 127 g/mol. The van der Waals surface area contributed by atoms with Crippen molar-refractivity contribution in [1.82, 2.24) is 0 Å². The third kappa shape index (κ3) is 0.984. The molecule has 8 heavy (non-hydrogen) atoms. The van der Waals surface area contributed by atoms with Crippen molar-refractivity contribution in [1.29, 1.82) is 5.41 Å². The van der Waals surface area contributed by atoms with E-state index in [1.807, 2.05) is 6.08 Å². The van der Waals surface area contributed by atoms with E-state index in [-0.39, 0.29) is 5.38 Å². The number of allylic oxidation sites excluding steroid dienone is 4. The Morgan fingerprint density at radius 1 is 1.50 bits per heavy atom. The number of halogens is 1. The van der Waals surface area contributed by atoms with Crippen LogP contribution in [0.15, 0.2) is 24.3 Å². The van der Waals surface area contributed by atoms with Gasteiger partial charge in [-0.1, -0.05) is 18.2 Å². The van der Waals surface area contributed by atoms with E-state index in [1.165, 1.54) is 0 Å². The highest BCUT2D eigenvalue weighted by atomic mass is 35.5. The van der Waals surface area contributed by atoms with E-state index in [1.54, 1.807) is 18.2 Å². The topological polar surface area (TPSA) is 23.9 Å². The quantitative estimate of drug-likeness (QED) is 0.480. The summed E-state index contributed by atoms with van der Waals surface area (Å²) in [4.78, 5) is 0. The number of alkyl halides is 1. The zero-order chi connectivity index (χ0) is 5.98. The summed E-state index contributed by atoms with van der Waals surface area (Å²) < 4.78 is 0. The molecule has 0 radical (unpaired) electrons. The summed E-state index contributed by atoms with van der Waals surface area (Å²) in [6.45, 7) is 0. The molecule has 1 aliphatic carbocycles. The number of hydrogen-bond donors (Lipinski definition) is 1. The van der Waals surface area contributed by atoms with E-state index in [4.69, 9.17) is 17.0 Å². The predicted molar refractivity (Wildman–Crippen MR) is 35.6 cm³/mol. The van der Waals surface area contributed by atoms with E-state index in [9.17, 15) is 0 Å². The van der Waals surface area contributed by atoms with Crippen molar-refractivity contribution in [3.8, 4) is 0 Å². The molecule has 42 valence electrons. The van der Waals surface area contributed by atoms with E-state index in [0.717, 1.165) is 0 Å². The molecule has 0 fully saturated rings. The smallest absolute Gasteiger partial charge is 0.0933 e. The summed E-state index contributed by atoms with van der Waals surface area (Å²) in [5.74, 6) is 0. The number of nitrogens with one attached hydrogen (secondary N) is 1. The highest BCUT2D eigenvalue weighted by Gasteiger charge is 2.04. The molecule has 1 aliphatic rings. The van der Waals surface area contributed by atoms with Gasteiger partial charge in [0, 0.05) is 0 Å². The largest absolute Gasteiger partial charge is 0.303 e. The van der Waals surface area contributed by atoms with Crippen LogP contribution in [0.2, 0.25) is 0 Å².